The maximum Gasteiger partial charge on any atom is 0.132 e. The largest absolute Gasteiger partial charge is 0.370 e. The van der Waals surface area contributed by atoms with Gasteiger partial charge in [0, 0.05) is 11.9 Å². The van der Waals surface area contributed by atoms with E-state index in [-0.39, 0.29) is 5.82 Å². The second-order valence-corrected chi connectivity index (χ2v) is 3.49. The van der Waals surface area contributed by atoms with E-state index in [1.807, 2.05) is 13.8 Å². The number of pyridine rings is 1. The molecule has 2 rings (SSSR count). The second-order valence-electron chi connectivity index (χ2n) is 3.49. The Balaban J connectivity index is 2.65. The van der Waals surface area contributed by atoms with Crippen molar-refractivity contribution in [3.05, 3.63) is 35.6 Å². The van der Waals surface area contributed by atoms with Crippen LogP contribution in [0.5, 0.6) is 0 Å². The SMILES string of the molecule is CCNc1ccc2c(F)ccc(C)c2n1. The molecule has 0 saturated heterocycles. The normalized spacial score (nSPS) is 10.6. The maximum atomic E-state index is 13.4. The topological polar surface area (TPSA) is 24.9 Å². The van der Waals surface area contributed by atoms with Gasteiger partial charge < -0.3 is 5.32 Å². The van der Waals surface area contributed by atoms with E-state index in [1.165, 1.54) is 6.07 Å². The summed E-state index contributed by atoms with van der Waals surface area (Å²) in [4.78, 5) is 4.37. The molecule has 3 heteroatoms. The van der Waals surface area contributed by atoms with Crippen molar-refractivity contribution in [2.24, 2.45) is 0 Å². The molecule has 0 unspecified atom stereocenters. The van der Waals surface area contributed by atoms with Gasteiger partial charge in [0.1, 0.15) is 11.6 Å². The Morgan fingerprint density at radius 1 is 1.27 bits per heavy atom. The van der Waals surface area contributed by atoms with Gasteiger partial charge in [0.2, 0.25) is 0 Å². The van der Waals surface area contributed by atoms with Gasteiger partial charge in [-0.05, 0) is 37.6 Å². The number of nitrogens with one attached hydrogen (secondary N) is 1. The highest BCUT2D eigenvalue weighted by atomic mass is 19.1. The standard InChI is InChI=1S/C12H13FN2/c1-3-14-11-7-5-9-10(13)6-4-8(2)12(9)15-11/h4-7H,3H2,1-2H3,(H,14,15). The van der Waals surface area contributed by atoms with Crippen LogP contribution in [-0.4, -0.2) is 11.5 Å². The molecule has 0 aliphatic rings. The molecule has 0 bridgehead atoms. The first-order valence-corrected chi connectivity index (χ1v) is 5.02. The van der Waals surface area contributed by atoms with Gasteiger partial charge in [-0.1, -0.05) is 6.07 Å². The van der Waals surface area contributed by atoms with Gasteiger partial charge in [-0.15, -0.1) is 0 Å². The molecule has 2 nitrogen and oxygen atoms in total. The molecule has 1 N–H and O–H groups in total. The van der Waals surface area contributed by atoms with E-state index in [2.05, 4.69) is 10.3 Å². The molecular formula is C12H13FN2. The predicted molar refractivity (Wildman–Crippen MR) is 60.6 cm³/mol. The van der Waals surface area contributed by atoms with Crippen molar-refractivity contribution in [2.45, 2.75) is 13.8 Å². The Labute approximate surface area is 88.1 Å². The van der Waals surface area contributed by atoms with Crippen LogP contribution in [0.3, 0.4) is 0 Å². The first-order valence-electron chi connectivity index (χ1n) is 5.02. The van der Waals surface area contributed by atoms with Gasteiger partial charge in [-0.2, -0.15) is 0 Å². The van der Waals surface area contributed by atoms with Crippen LogP contribution in [0.1, 0.15) is 12.5 Å². The van der Waals surface area contributed by atoms with E-state index in [4.69, 9.17) is 0 Å². The van der Waals surface area contributed by atoms with Crippen LogP contribution in [-0.2, 0) is 0 Å². The number of hydrogen-bond acceptors (Lipinski definition) is 2. The molecule has 1 heterocycles. The monoisotopic (exact) mass is 204 g/mol. The summed E-state index contributed by atoms with van der Waals surface area (Å²) in [5, 5.41) is 3.69. The Kier molecular flexibility index (Phi) is 2.54. The van der Waals surface area contributed by atoms with Crippen molar-refractivity contribution in [1.82, 2.24) is 4.98 Å². The molecule has 0 saturated carbocycles. The van der Waals surface area contributed by atoms with Crippen molar-refractivity contribution in [1.29, 1.82) is 0 Å². The first kappa shape index (κ1) is 9.90. The molecule has 1 aromatic heterocycles. The lowest BCUT2D eigenvalue weighted by molar-refractivity contribution is 0.639. The first-order chi connectivity index (χ1) is 7.22. The van der Waals surface area contributed by atoms with Crippen LogP contribution in [0.25, 0.3) is 10.9 Å². The number of halogens is 1. The van der Waals surface area contributed by atoms with Gasteiger partial charge >= 0.3 is 0 Å². The third-order valence-corrected chi connectivity index (χ3v) is 2.36. The minimum absolute atomic E-state index is 0.217. The summed E-state index contributed by atoms with van der Waals surface area (Å²) in [7, 11) is 0. The predicted octanol–water partition coefficient (Wildman–Crippen LogP) is 3.11. The van der Waals surface area contributed by atoms with Crippen LogP contribution < -0.4 is 5.32 Å². The molecule has 0 amide bonds. The summed E-state index contributed by atoms with van der Waals surface area (Å²) in [5.74, 6) is 0.574. The summed E-state index contributed by atoms with van der Waals surface area (Å²) < 4.78 is 13.4. The summed E-state index contributed by atoms with van der Waals surface area (Å²) in [6.07, 6.45) is 0. The average Bonchev–Trinajstić information content (AvgIpc) is 2.24. The van der Waals surface area contributed by atoms with Crippen LogP contribution in [0, 0.1) is 12.7 Å². The molecule has 0 fully saturated rings. The van der Waals surface area contributed by atoms with Crippen molar-refractivity contribution in [3.8, 4) is 0 Å². The smallest absolute Gasteiger partial charge is 0.132 e. The fraction of sp³-hybridized carbons (Fsp3) is 0.250. The van der Waals surface area contributed by atoms with Crippen molar-refractivity contribution in [2.75, 3.05) is 11.9 Å². The molecule has 0 radical (unpaired) electrons. The number of rotatable bonds is 2. The fourth-order valence-corrected chi connectivity index (χ4v) is 1.60. The summed E-state index contributed by atoms with van der Waals surface area (Å²) >= 11 is 0. The van der Waals surface area contributed by atoms with E-state index in [1.54, 1.807) is 18.2 Å². The second kappa shape index (κ2) is 3.85. The summed E-state index contributed by atoms with van der Waals surface area (Å²) in [6, 6.07) is 6.80. The molecule has 2 aromatic rings. The average molecular weight is 204 g/mol. The summed E-state index contributed by atoms with van der Waals surface area (Å²) in [6.45, 7) is 4.75. The number of aryl methyl sites for hydroxylation is 1. The van der Waals surface area contributed by atoms with Crippen LogP contribution in [0.15, 0.2) is 24.3 Å². The van der Waals surface area contributed by atoms with Gasteiger partial charge in [-0.25, -0.2) is 9.37 Å². The van der Waals surface area contributed by atoms with Gasteiger partial charge in [0.25, 0.3) is 0 Å². The minimum atomic E-state index is -0.217. The zero-order chi connectivity index (χ0) is 10.8. The van der Waals surface area contributed by atoms with Crippen molar-refractivity contribution in [3.63, 3.8) is 0 Å². The number of nitrogens with zero attached hydrogens (tertiary/aromatic N) is 1. The van der Waals surface area contributed by atoms with Gasteiger partial charge in [0.05, 0.1) is 5.52 Å². The number of benzene rings is 1. The third-order valence-electron chi connectivity index (χ3n) is 2.36. The quantitative estimate of drug-likeness (QED) is 0.813. The molecule has 15 heavy (non-hydrogen) atoms. The molecule has 0 aliphatic heterocycles. The highest BCUT2D eigenvalue weighted by molar-refractivity contribution is 5.83. The Bertz CT molecular complexity index is 494. The van der Waals surface area contributed by atoms with Crippen molar-refractivity contribution >= 4 is 16.7 Å². The third kappa shape index (κ3) is 1.77. The maximum absolute atomic E-state index is 13.4. The Hall–Kier alpha value is -1.64. The molecule has 0 spiro atoms. The van der Waals surface area contributed by atoms with E-state index < -0.39 is 0 Å². The van der Waals surface area contributed by atoms with Crippen LogP contribution >= 0.6 is 0 Å². The lowest BCUT2D eigenvalue weighted by Crippen LogP contribution is -1.99. The molecular weight excluding hydrogens is 191 g/mol. The Morgan fingerprint density at radius 3 is 2.80 bits per heavy atom. The zero-order valence-electron chi connectivity index (χ0n) is 8.84. The van der Waals surface area contributed by atoms with Gasteiger partial charge in [-0.3, -0.25) is 0 Å². The van der Waals surface area contributed by atoms with E-state index in [0.717, 1.165) is 23.4 Å². The molecule has 78 valence electrons. The van der Waals surface area contributed by atoms with E-state index >= 15 is 0 Å². The number of aromatic nitrogens is 1. The highest BCUT2D eigenvalue weighted by Crippen LogP contribution is 2.21. The Morgan fingerprint density at radius 2 is 2.07 bits per heavy atom. The number of hydrogen-bond donors (Lipinski definition) is 1. The fourth-order valence-electron chi connectivity index (χ4n) is 1.60. The summed E-state index contributed by atoms with van der Waals surface area (Å²) in [5.41, 5.74) is 1.72. The lowest BCUT2D eigenvalue weighted by Gasteiger charge is -2.06. The molecule has 0 aliphatic carbocycles. The molecule has 0 atom stereocenters. The minimum Gasteiger partial charge on any atom is -0.370 e. The van der Waals surface area contributed by atoms with E-state index in [0.29, 0.717) is 5.39 Å². The van der Waals surface area contributed by atoms with Crippen LogP contribution in [0.2, 0.25) is 0 Å². The number of fused-ring (bicyclic) bond motifs is 1. The van der Waals surface area contributed by atoms with Crippen LogP contribution in [0.4, 0.5) is 10.2 Å². The van der Waals surface area contributed by atoms with E-state index in [9.17, 15) is 4.39 Å². The zero-order valence-corrected chi connectivity index (χ0v) is 8.84. The van der Waals surface area contributed by atoms with Crippen molar-refractivity contribution < 1.29 is 4.39 Å². The highest BCUT2D eigenvalue weighted by Gasteiger charge is 2.05. The lowest BCUT2D eigenvalue weighted by atomic mass is 10.1. The van der Waals surface area contributed by atoms with Gasteiger partial charge in [0.15, 0.2) is 0 Å². The molecule has 1 aromatic carbocycles. The number of anilines is 1.